The van der Waals surface area contributed by atoms with E-state index >= 15 is 0 Å². The molecule has 5 rings (SSSR count). The first-order valence-electron chi connectivity index (χ1n) is 11.1. The summed E-state index contributed by atoms with van der Waals surface area (Å²) in [5, 5.41) is 0. The summed E-state index contributed by atoms with van der Waals surface area (Å²) >= 11 is 2.99. The Balaban J connectivity index is 0.00000153. The van der Waals surface area contributed by atoms with E-state index in [1.807, 2.05) is 0 Å². The van der Waals surface area contributed by atoms with Gasteiger partial charge in [-0.1, -0.05) is 0 Å². The molecule has 1 saturated heterocycles. The average Bonchev–Trinajstić information content (AvgIpc) is 3.08. The molecule has 1 spiro atoms. The molecular formula is C28H30Cl2N2Ru. The first kappa shape index (κ1) is 25.9. The van der Waals surface area contributed by atoms with Crippen LogP contribution in [0.5, 0.6) is 0 Å². The fraction of sp³-hybridized carbons (Fsp3) is 0.321. The number of hydrogen-bond acceptors (Lipinski definition) is 2. The second-order valence-electron chi connectivity index (χ2n) is 9.32. The molecular weight excluding hydrogens is 536 g/mol. The van der Waals surface area contributed by atoms with Crippen LogP contribution in [0.4, 0.5) is 11.4 Å². The Hall–Kier alpha value is -1.67. The number of halogens is 2. The number of benzene rings is 3. The first-order valence-corrected chi connectivity index (χ1v) is 12.0. The second-order valence-corrected chi connectivity index (χ2v) is 10.2. The van der Waals surface area contributed by atoms with Crippen LogP contribution in [0.1, 0.15) is 44.5 Å². The van der Waals surface area contributed by atoms with Gasteiger partial charge in [-0.25, -0.2) is 0 Å². The molecule has 0 bridgehead atoms. The maximum absolute atomic E-state index is 2.99. The van der Waals surface area contributed by atoms with E-state index in [-0.39, 0.29) is 30.5 Å². The molecule has 33 heavy (non-hydrogen) atoms. The Morgan fingerprint density at radius 1 is 0.667 bits per heavy atom. The molecule has 0 amide bonds. The number of hydrogen-bond donors (Lipinski definition) is 0. The van der Waals surface area contributed by atoms with Gasteiger partial charge in [0.05, 0.1) is 0 Å². The fourth-order valence-corrected chi connectivity index (χ4v) is 7.23. The predicted octanol–water partition coefficient (Wildman–Crippen LogP) is -0.194. The molecule has 3 aromatic carbocycles. The zero-order chi connectivity index (χ0) is 22.1. The van der Waals surface area contributed by atoms with Gasteiger partial charge in [0.15, 0.2) is 0 Å². The third-order valence-corrected chi connectivity index (χ3v) is 8.04. The fourth-order valence-electron chi connectivity index (χ4n) is 6.15. The Morgan fingerprint density at radius 3 is 1.48 bits per heavy atom. The summed E-state index contributed by atoms with van der Waals surface area (Å²) in [5.74, 6) is 0. The van der Waals surface area contributed by atoms with Gasteiger partial charge in [0.25, 0.3) is 0 Å². The van der Waals surface area contributed by atoms with Crippen LogP contribution >= 0.6 is 0 Å². The molecule has 1 aliphatic heterocycles. The molecule has 5 heteroatoms. The average molecular weight is 567 g/mol. The molecule has 0 atom stereocenters. The van der Waals surface area contributed by atoms with Gasteiger partial charge >= 0.3 is 196 Å². The third-order valence-electron chi connectivity index (χ3n) is 6.97. The summed E-state index contributed by atoms with van der Waals surface area (Å²) in [6.07, 6.45) is 0. The van der Waals surface area contributed by atoms with Crippen molar-refractivity contribution < 1.29 is 42.7 Å². The normalized spacial score (nSPS) is 15.6. The molecule has 3 aromatic rings. The Bertz CT molecular complexity index is 1140. The van der Waals surface area contributed by atoms with Crippen LogP contribution in [0, 0.1) is 41.5 Å². The minimum atomic E-state index is -0.247. The van der Waals surface area contributed by atoms with Crippen molar-refractivity contribution in [1.82, 2.24) is 0 Å². The van der Waals surface area contributed by atoms with Crippen LogP contribution in [-0.2, 0) is 23.5 Å². The number of aryl methyl sites for hydroxylation is 6. The minimum Gasteiger partial charge on any atom is -1.00 e. The summed E-state index contributed by atoms with van der Waals surface area (Å²) in [6.45, 7) is 15.5. The van der Waals surface area contributed by atoms with Crippen LogP contribution in [0.3, 0.4) is 0 Å². The summed E-state index contributed by atoms with van der Waals surface area (Å²) in [6, 6.07) is 18.3. The van der Waals surface area contributed by atoms with Gasteiger partial charge in [-0.05, 0) is 0 Å². The van der Waals surface area contributed by atoms with E-state index in [9.17, 15) is 0 Å². The van der Waals surface area contributed by atoms with Crippen molar-refractivity contribution in [3.8, 4) is 0 Å². The summed E-state index contributed by atoms with van der Waals surface area (Å²) < 4.78 is 1.39. The van der Waals surface area contributed by atoms with Gasteiger partial charge in [0.2, 0.25) is 0 Å². The standard InChI is InChI=1S/C28H30N2.2ClH.Ru/c1-18-13-20(3)26(21(4)14-18)29-11-12-30(27-22(5)15-19(2)16-23(27)6)28(29)17-24-9-7-8-10-25(24)28;;;/h7-10,13-16H,11-12H2,1-6H3;2*1H;/q;;;+2/p-2. The molecule has 0 aromatic heterocycles. The topological polar surface area (TPSA) is 6.48 Å². The van der Waals surface area contributed by atoms with E-state index in [1.165, 1.54) is 60.0 Å². The Labute approximate surface area is 220 Å². The van der Waals surface area contributed by atoms with Gasteiger partial charge in [-0.2, -0.15) is 0 Å². The molecule has 0 saturated carbocycles. The number of fused-ring (bicyclic) bond motifs is 2. The van der Waals surface area contributed by atoms with E-state index in [2.05, 4.69) is 118 Å². The summed E-state index contributed by atoms with van der Waals surface area (Å²) in [7, 11) is 0. The molecule has 2 nitrogen and oxygen atoms in total. The Kier molecular flexibility index (Phi) is 7.21. The maximum Gasteiger partial charge on any atom is -1.00 e. The Morgan fingerprint density at radius 2 is 1.06 bits per heavy atom. The van der Waals surface area contributed by atoms with Gasteiger partial charge < -0.3 is 24.8 Å². The SMILES string of the molecule is Cc1cc(C)c(N2CCN(c3c(C)cc(C)cc3C)C23[C](=[Ru+2])c2ccccc23)c(C)c1.[Cl-].[Cl-]. The molecule has 1 aliphatic carbocycles. The number of anilines is 2. The van der Waals surface area contributed by atoms with Crippen LogP contribution < -0.4 is 34.6 Å². The van der Waals surface area contributed by atoms with Crippen LogP contribution in [0.25, 0.3) is 0 Å². The monoisotopic (exact) mass is 566 g/mol. The van der Waals surface area contributed by atoms with Crippen molar-refractivity contribution in [2.75, 3.05) is 22.9 Å². The van der Waals surface area contributed by atoms with Crippen LogP contribution in [-0.4, -0.2) is 17.2 Å². The summed E-state index contributed by atoms with van der Waals surface area (Å²) in [4.78, 5) is 5.34. The van der Waals surface area contributed by atoms with Crippen molar-refractivity contribution in [3.05, 3.63) is 93.0 Å². The van der Waals surface area contributed by atoms with Crippen molar-refractivity contribution >= 4 is 15.5 Å². The molecule has 2 aliphatic rings. The quantitative estimate of drug-likeness (QED) is 0.397. The molecule has 1 fully saturated rings. The third kappa shape index (κ3) is 3.59. The molecule has 0 radical (unpaired) electrons. The largest absolute Gasteiger partial charge is 1.00 e. The van der Waals surface area contributed by atoms with Crippen LogP contribution in [0.15, 0.2) is 48.5 Å². The smallest absolute Gasteiger partial charge is 1.00 e. The predicted molar refractivity (Wildman–Crippen MR) is 128 cm³/mol. The van der Waals surface area contributed by atoms with Gasteiger partial charge in [0, 0.05) is 0 Å². The molecule has 0 N–H and O–H groups in total. The first-order chi connectivity index (χ1) is 14.8. The minimum absolute atomic E-state index is 0. The van der Waals surface area contributed by atoms with E-state index in [0.717, 1.165) is 13.1 Å². The molecule has 0 unspecified atom stereocenters. The maximum atomic E-state index is 2.99. The number of nitrogens with zero attached hydrogens (tertiary/aromatic N) is 2. The van der Waals surface area contributed by atoms with Crippen LogP contribution in [0.2, 0.25) is 0 Å². The van der Waals surface area contributed by atoms with Crippen molar-refractivity contribution in [2.24, 2.45) is 0 Å². The van der Waals surface area contributed by atoms with Crippen molar-refractivity contribution in [1.29, 1.82) is 0 Å². The van der Waals surface area contributed by atoms with E-state index in [1.54, 1.807) is 0 Å². The summed E-state index contributed by atoms with van der Waals surface area (Å²) in [5.41, 5.74) is 13.4. The van der Waals surface area contributed by atoms with E-state index in [4.69, 9.17) is 0 Å². The molecule has 174 valence electrons. The zero-order valence-electron chi connectivity index (χ0n) is 20.0. The van der Waals surface area contributed by atoms with Crippen molar-refractivity contribution in [3.63, 3.8) is 0 Å². The van der Waals surface area contributed by atoms with Gasteiger partial charge in [-0.3, -0.25) is 0 Å². The zero-order valence-corrected chi connectivity index (χ0v) is 23.3. The van der Waals surface area contributed by atoms with Gasteiger partial charge in [0.1, 0.15) is 0 Å². The molecule has 1 heterocycles. The van der Waals surface area contributed by atoms with E-state index < -0.39 is 0 Å². The van der Waals surface area contributed by atoms with Crippen molar-refractivity contribution in [2.45, 2.75) is 47.2 Å². The van der Waals surface area contributed by atoms with Gasteiger partial charge in [-0.15, -0.1) is 0 Å². The second kappa shape index (κ2) is 9.18. The van der Waals surface area contributed by atoms with E-state index in [0.29, 0.717) is 0 Å². The number of rotatable bonds is 2.